The molecular formula is C23H17ClN4O4S. The van der Waals surface area contributed by atoms with E-state index < -0.39 is 17.9 Å². The molecule has 1 aliphatic rings. The zero-order valence-corrected chi connectivity index (χ0v) is 18.6. The predicted octanol–water partition coefficient (Wildman–Crippen LogP) is 3.88. The van der Waals surface area contributed by atoms with Crippen molar-refractivity contribution in [2.45, 2.75) is 12.5 Å². The minimum absolute atomic E-state index is 0.0781. The summed E-state index contributed by atoms with van der Waals surface area (Å²) in [6, 6.07) is 14.5. The van der Waals surface area contributed by atoms with Crippen molar-refractivity contribution < 1.29 is 19.1 Å². The first kappa shape index (κ1) is 22.3. The van der Waals surface area contributed by atoms with Crippen LogP contribution in [-0.4, -0.2) is 30.3 Å². The summed E-state index contributed by atoms with van der Waals surface area (Å²) < 4.78 is 4.84. The van der Waals surface area contributed by atoms with Gasteiger partial charge in [0.15, 0.2) is 0 Å². The summed E-state index contributed by atoms with van der Waals surface area (Å²) in [6.07, 6.45) is 0.441. The quantitative estimate of drug-likeness (QED) is 0.360. The minimum Gasteiger partial charge on any atom is -0.464 e. The fraction of sp³-hybridized carbons (Fsp3) is 0.130. The van der Waals surface area contributed by atoms with Gasteiger partial charge in [-0.3, -0.25) is 9.59 Å². The molecule has 166 valence electrons. The monoisotopic (exact) mass is 480 g/mol. The van der Waals surface area contributed by atoms with Gasteiger partial charge < -0.3 is 21.1 Å². The number of anilines is 3. The van der Waals surface area contributed by atoms with E-state index >= 15 is 0 Å². The largest absolute Gasteiger partial charge is 0.464 e. The number of amides is 1. The molecule has 1 fully saturated rings. The third-order valence-electron chi connectivity index (χ3n) is 5.03. The van der Waals surface area contributed by atoms with Crippen molar-refractivity contribution in [1.29, 1.82) is 5.26 Å². The Morgan fingerprint density at radius 3 is 2.55 bits per heavy atom. The van der Waals surface area contributed by atoms with E-state index in [0.717, 1.165) is 11.3 Å². The van der Waals surface area contributed by atoms with Gasteiger partial charge in [-0.05, 0) is 36.4 Å². The molecule has 0 radical (unpaired) electrons. The molecule has 1 atom stereocenters. The Bertz CT molecular complexity index is 1300. The molecule has 8 nitrogen and oxygen atoms in total. The summed E-state index contributed by atoms with van der Waals surface area (Å²) in [5.74, 6) is -1.20. The van der Waals surface area contributed by atoms with Crippen LogP contribution in [-0.2, 0) is 9.53 Å². The van der Waals surface area contributed by atoms with E-state index in [0.29, 0.717) is 39.9 Å². The first-order valence-corrected chi connectivity index (χ1v) is 11.0. The SMILES string of the molecule is N#Cc1c(Nc2ccc(C(=O)NC3CCOC3=O)cc2)sc(C(=O)c2ccccc2Cl)c1N. The summed E-state index contributed by atoms with van der Waals surface area (Å²) in [6.45, 7) is 0.290. The fourth-order valence-corrected chi connectivity index (χ4v) is 4.55. The van der Waals surface area contributed by atoms with Crippen molar-refractivity contribution in [2.24, 2.45) is 0 Å². The smallest absolute Gasteiger partial charge is 0.328 e. The van der Waals surface area contributed by atoms with Crippen molar-refractivity contribution in [1.82, 2.24) is 5.32 Å². The second kappa shape index (κ2) is 9.32. The number of nitrogen functional groups attached to an aromatic ring is 1. The van der Waals surface area contributed by atoms with Gasteiger partial charge in [0.25, 0.3) is 5.91 Å². The number of halogens is 1. The number of hydrogen-bond donors (Lipinski definition) is 3. The molecular weight excluding hydrogens is 464 g/mol. The van der Waals surface area contributed by atoms with Gasteiger partial charge in [-0.2, -0.15) is 5.26 Å². The number of rotatable bonds is 6. The Morgan fingerprint density at radius 2 is 1.91 bits per heavy atom. The van der Waals surface area contributed by atoms with Crippen LogP contribution in [0.5, 0.6) is 0 Å². The number of ketones is 1. The number of nitrogens with zero attached hydrogens (tertiary/aromatic N) is 1. The van der Waals surface area contributed by atoms with Crippen LogP contribution in [0.15, 0.2) is 48.5 Å². The van der Waals surface area contributed by atoms with E-state index in [4.69, 9.17) is 22.1 Å². The maximum absolute atomic E-state index is 12.9. The second-order valence-electron chi connectivity index (χ2n) is 7.15. The molecule has 1 saturated heterocycles. The summed E-state index contributed by atoms with van der Waals surface area (Å²) >= 11 is 7.19. The number of nitrogens with two attached hydrogens (primary N) is 1. The highest BCUT2D eigenvalue weighted by Crippen LogP contribution is 2.39. The lowest BCUT2D eigenvalue weighted by Crippen LogP contribution is -2.37. The minimum atomic E-state index is -0.642. The maximum atomic E-state index is 12.9. The Balaban J connectivity index is 1.53. The number of nitriles is 1. The zero-order valence-electron chi connectivity index (χ0n) is 17.1. The molecule has 4 N–H and O–H groups in total. The topological polar surface area (TPSA) is 134 Å². The normalized spacial score (nSPS) is 14.9. The first-order chi connectivity index (χ1) is 15.9. The van der Waals surface area contributed by atoms with Crippen LogP contribution in [0.4, 0.5) is 16.4 Å². The molecule has 0 aliphatic carbocycles. The van der Waals surface area contributed by atoms with Crippen LogP contribution in [0.25, 0.3) is 0 Å². The molecule has 10 heteroatoms. The van der Waals surface area contributed by atoms with Gasteiger partial charge in [-0.1, -0.05) is 23.7 Å². The summed E-state index contributed by atoms with van der Waals surface area (Å²) in [4.78, 5) is 37.0. The summed E-state index contributed by atoms with van der Waals surface area (Å²) in [7, 11) is 0. The van der Waals surface area contributed by atoms with E-state index in [9.17, 15) is 19.6 Å². The third-order valence-corrected chi connectivity index (χ3v) is 6.48. The fourth-order valence-electron chi connectivity index (χ4n) is 3.28. The van der Waals surface area contributed by atoms with Crippen molar-refractivity contribution in [3.63, 3.8) is 0 Å². The lowest BCUT2D eigenvalue weighted by atomic mass is 10.1. The van der Waals surface area contributed by atoms with E-state index in [1.807, 2.05) is 6.07 Å². The van der Waals surface area contributed by atoms with E-state index in [1.54, 1.807) is 48.5 Å². The van der Waals surface area contributed by atoms with Crippen LogP contribution in [0.1, 0.15) is 37.6 Å². The van der Waals surface area contributed by atoms with E-state index in [-0.39, 0.29) is 21.9 Å². The Kier molecular flexibility index (Phi) is 6.31. The molecule has 2 aromatic carbocycles. The van der Waals surface area contributed by atoms with Crippen molar-refractivity contribution in [3.05, 3.63) is 75.1 Å². The van der Waals surface area contributed by atoms with Gasteiger partial charge in [0.05, 0.1) is 17.3 Å². The van der Waals surface area contributed by atoms with Crippen LogP contribution in [0.2, 0.25) is 5.02 Å². The van der Waals surface area contributed by atoms with E-state index in [1.165, 1.54) is 0 Å². The predicted molar refractivity (Wildman–Crippen MR) is 125 cm³/mol. The molecule has 33 heavy (non-hydrogen) atoms. The number of benzene rings is 2. The Hall–Kier alpha value is -3.87. The van der Waals surface area contributed by atoms with E-state index in [2.05, 4.69) is 10.6 Å². The van der Waals surface area contributed by atoms with Crippen molar-refractivity contribution in [2.75, 3.05) is 17.7 Å². The van der Waals surface area contributed by atoms with Crippen LogP contribution < -0.4 is 16.4 Å². The molecule has 1 unspecified atom stereocenters. The average molecular weight is 481 g/mol. The number of carbonyl (C=O) groups excluding carboxylic acids is 3. The number of ether oxygens (including phenoxy) is 1. The number of thiophene rings is 1. The second-order valence-corrected chi connectivity index (χ2v) is 8.58. The third kappa shape index (κ3) is 4.53. The molecule has 0 bridgehead atoms. The van der Waals surface area contributed by atoms with Crippen LogP contribution >= 0.6 is 22.9 Å². The highest BCUT2D eigenvalue weighted by molar-refractivity contribution is 7.19. The number of hydrogen-bond acceptors (Lipinski definition) is 8. The molecule has 0 spiro atoms. The van der Waals surface area contributed by atoms with Crippen LogP contribution in [0, 0.1) is 11.3 Å². The summed E-state index contributed by atoms with van der Waals surface area (Å²) in [5, 5.41) is 16.0. The number of carbonyl (C=O) groups is 3. The number of esters is 1. The van der Waals surface area contributed by atoms with Crippen LogP contribution in [0.3, 0.4) is 0 Å². The molecule has 1 aromatic heterocycles. The zero-order chi connectivity index (χ0) is 23.5. The molecule has 1 aliphatic heterocycles. The molecule has 2 heterocycles. The van der Waals surface area contributed by atoms with Gasteiger partial charge in [0, 0.05) is 23.2 Å². The first-order valence-electron chi connectivity index (χ1n) is 9.85. The van der Waals surface area contributed by atoms with Gasteiger partial charge in [-0.15, -0.1) is 11.3 Å². The molecule has 3 aromatic rings. The highest BCUT2D eigenvalue weighted by Gasteiger charge is 2.28. The van der Waals surface area contributed by atoms with Crippen molar-refractivity contribution >= 4 is 57.0 Å². The van der Waals surface area contributed by atoms with Gasteiger partial charge in [-0.25, -0.2) is 4.79 Å². The lowest BCUT2D eigenvalue weighted by Gasteiger charge is -2.10. The van der Waals surface area contributed by atoms with Crippen molar-refractivity contribution in [3.8, 4) is 6.07 Å². The Labute approximate surface area is 197 Å². The Morgan fingerprint density at radius 1 is 1.18 bits per heavy atom. The summed E-state index contributed by atoms with van der Waals surface area (Å²) in [5.41, 5.74) is 7.57. The lowest BCUT2D eigenvalue weighted by molar-refractivity contribution is -0.139. The maximum Gasteiger partial charge on any atom is 0.328 e. The molecule has 4 rings (SSSR count). The number of nitrogens with one attached hydrogen (secondary N) is 2. The highest BCUT2D eigenvalue weighted by atomic mass is 35.5. The molecule has 1 amide bonds. The number of cyclic esters (lactones) is 1. The standard InChI is InChI=1S/C23H17ClN4O4S/c24-16-4-2-1-3-14(16)19(29)20-18(26)15(11-25)22(33-20)27-13-7-5-12(6-8-13)21(30)28-17-9-10-32-23(17)31/h1-8,17,27H,9-10,26H2,(H,28,30). The van der Waals surface area contributed by atoms with Gasteiger partial charge >= 0.3 is 5.97 Å². The van der Waals surface area contributed by atoms with Gasteiger partial charge in [0.2, 0.25) is 5.78 Å². The average Bonchev–Trinajstić information content (AvgIpc) is 3.36. The molecule has 0 saturated carbocycles. The van der Waals surface area contributed by atoms with Gasteiger partial charge in [0.1, 0.15) is 27.6 Å².